The highest BCUT2D eigenvalue weighted by molar-refractivity contribution is 5.97. The van der Waals surface area contributed by atoms with Crippen molar-refractivity contribution in [3.63, 3.8) is 0 Å². The summed E-state index contributed by atoms with van der Waals surface area (Å²) in [7, 11) is 1.64. The van der Waals surface area contributed by atoms with Crippen LogP contribution in [0.5, 0.6) is 5.88 Å². The molecule has 2 aromatic rings. The Balaban J connectivity index is 2.33. The van der Waals surface area contributed by atoms with E-state index < -0.39 is 17.3 Å². The van der Waals surface area contributed by atoms with Crippen molar-refractivity contribution in [3.05, 3.63) is 27.6 Å². The number of carbonyl (C=O) groups excluding carboxylic acids is 2. The van der Waals surface area contributed by atoms with Crippen LogP contribution in [0.15, 0.2) is 10.9 Å². The second kappa shape index (κ2) is 7.26. The number of carbonyl (C=O) groups is 2. The molecule has 0 aliphatic heterocycles. The summed E-state index contributed by atoms with van der Waals surface area (Å²) < 4.78 is 2.59. The van der Waals surface area contributed by atoms with E-state index in [1.54, 1.807) is 7.05 Å². The summed E-state index contributed by atoms with van der Waals surface area (Å²) in [5, 5.41) is 20.6. The number of allylic oxidation sites excluding steroid dienone is 1. The van der Waals surface area contributed by atoms with E-state index in [-0.39, 0.29) is 17.5 Å². The molecule has 0 atom stereocenters. The van der Waals surface area contributed by atoms with Gasteiger partial charge in [0.05, 0.1) is 5.56 Å². The summed E-state index contributed by atoms with van der Waals surface area (Å²) in [5.74, 6) is -0.646. The molecule has 27 heavy (non-hydrogen) atoms. The molecule has 1 fully saturated rings. The van der Waals surface area contributed by atoms with E-state index >= 15 is 0 Å². The molecule has 0 saturated heterocycles. The van der Waals surface area contributed by atoms with E-state index in [1.165, 1.54) is 21.2 Å². The van der Waals surface area contributed by atoms with Crippen molar-refractivity contribution in [3.8, 4) is 5.88 Å². The first-order valence-corrected chi connectivity index (χ1v) is 8.88. The van der Waals surface area contributed by atoms with Gasteiger partial charge in [-0.05, 0) is 30.9 Å². The second-order valence-corrected chi connectivity index (χ2v) is 7.00. The molecule has 1 aliphatic carbocycles. The standard InChI is InChI=1S/C18H23N5O4/c1-10(2)9-22-16-12(5-4-8-24)14(19-3)21-23(16)18(27)13(17(22)26)15(25)20-11-6-7-11/h4-5,8,10-11,27H,6-7,9H2,1-3H3,(H,19,21)(H,20,25)/b5-4+. The molecule has 1 aliphatic rings. The number of hydrogen-bond donors (Lipinski definition) is 3. The molecule has 1 saturated carbocycles. The molecule has 0 unspecified atom stereocenters. The number of aromatic hydroxyl groups is 1. The van der Waals surface area contributed by atoms with Crippen LogP contribution in [0.2, 0.25) is 0 Å². The van der Waals surface area contributed by atoms with Crippen molar-refractivity contribution < 1.29 is 14.7 Å². The minimum Gasteiger partial charge on any atom is -0.492 e. The van der Waals surface area contributed by atoms with Crippen LogP contribution in [0, 0.1) is 5.92 Å². The summed E-state index contributed by atoms with van der Waals surface area (Å²) in [6.45, 7) is 4.20. The fourth-order valence-corrected chi connectivity index (χ4v) is 2.95. The zero-order valence-electron chi connectivity index (χ0n) is 15.5. The minimum absolute atomic E-state index is 0.0436. The number of anilines is 1. The Kier molecular flexibility index (Phi) is 5.02. The zero-order chi connectivity index (χ0) is 19.7. The fourth-order valence-electron chi connectivity index (χ4n) is 2.95. The lowest BCUT2D eigenvalue weighted by Crippen LogP contribution is -2.36. The highest BCUT2D eigenvalue weighted by Crippen LogP contribution is 2.27. The maximum Gasteiger partial charge on any atom is 0.270 e. The van der Waals surface area contributed by atoms with Gasteiger partial charge in [0.15, 0.2) is 17.0 Å². The first-order chi connectivity index (χ1) is 12.9. The lowest BCUT2D eigenvalue weighted by molar-refractivity contribution is -0.104. The molecule has 0 aromatic carbocycles. The number of rotatable bonds is 7. The van der Waals surface area contributed by atoms with Gasteiger partial charge in [0.2, 0.25) is 5.88 Å². The lowest BCUT2D eigenvalue weighted by atomic mass is 10.2. The Morgan fingerprint density at radius 3 is 2.67 bits per heavy atom. The van der Waals surface area contributed by atoms with Gasteiger partial charge in [-0.15, -0.1) is 5.10 Å². The third-order valence-electron chi connectivity index (χ3n) is 4.30. The van der Waals surface area contributed by atoms with Crippen LogP contribution in [-0.4, -0.2) is 44.6 Å². The zero-order valence-corrected chi connectivity index (χ0v) is 15.5. The predicted molar refractivity (Wildman–Crippen MR) is 101 cm³/mol. The summed E-state index contributed by atoms with van der Waals surface area (Å²) in [5.41, 5.74) is -0.121. The SMILES string of the molecule is CNc1nn2c(O)c(C(=O)NC3CC3)c(=O)n(CC(C)C)c2c1/C=C/C=O. The van der Waals surface area contributed by atoms with Crippen LogP contribution < -0.4 is 16.2 Å². The average molecular weight is 373 g/mol. The van der Waals surface area contributed by atoms with E-state index in [0.717, 1.165) is 12.8 Å². The number of nitrogens with zero attached hydrogens (tertiary/aromatic N) is 3. The van der Waals surface area contributed by atoms with Gasteiger partial charge in [0.1, 0.15) is 6.29 Å². The number of amides is 1. The Morgan fingerprint density at radius 1 is 1.41 bits per heavy atom. The summed E-state index contributed by atoms with van der Waals surface area (Å²) in [6.07, 6.45) is 5.14. The molecule has 144 valence electrons. The molecule has 2 aromatic heterocycles. The molecular weight excluding hydrogens is 350 g/mol. The average Bonchev–Trinajstić information content (AvgIpc) is 3.34. The minimum atomic E-state index is -0.606. The molecule has 0 spiro atoms. The van der Waals surface area contributed by atoms with Crippen LogP contribution in [0.3, 0.4) is 0 Å². The van der Waals surface area contributed by atoms with E-state index in [2.05, 4.69) is 15.7 Å². The third kappa shape index (κ3) is 3.44. The topological polar surface area (TPSA) is 118 Å². The molecule has 1 amide bonds. The smallest absolute Gasteiger partial charge is 0.270 e. The van der Waals surface area contributed by atoms with Crippen molar-refractivity contribution in [2.24, 2.45) is 5.92 Å². The van der Waals surface area contributed by atoms with Gasteiger partial charge in [-0.2, -0.15) is 4.52 Å². The molecule has 9 nitrogen and oxygen atoms in total. The van der Waals surface area contributed by atoms with Gasteiger partial charge < -0.3 is 15.7 Å². The number of hydrogen-bond acceptors (Lipinski definition) is 6. The Bertz CT molecular complexity index is 982. The van der Waals surface area contributed by atoms with Crippen molar-refractivity contribution in [1.29, 1.82) is 0 Å². The Hall–Kier alpha value is -3.10. The quantitative estimate of drug-likeness (QED) is 0.492. The van der Waals surface area contributed by atoms with Crippen LogP contribution >= 0.6 is 0 Å². The molecule has 3 rings (SSSR count). The van der Waals surface area contributed by atoms with Gasteiger partial charge in [0.25, 0.3) is 11.5 Å². The maximum absolute atomic E-state index is 13.1. The highest BCUT2D eigenvalue weighted by atomic mass is 16.3. The first kappa shape index (κ1) is 18.7. The Labute approximate surface area is 155 Å². The first-order valence-electron chi connectivity index (χ1n) is 8.88. The van der Waals surface area contributed by atoms with Crippen LogP contribution in [-0.2, 0) is 11.3 Å². The predicted octanol–water partition coefficient (Wildman–Crippen LogP) is 1.00. The van der Waals surface area contributed by atoms with E-state index in [0.29, 0.717) is 29.9 Å². The fraction of sp³-hybridized carbons (Fsp3) is 0.444. The monoisotopic (exact) mass is 373 g/mol. The van der Waals surface area contributed by atoms with Gasteiger partial charge in [-0.1, -0.05) is 13.8 Å². The summed E-state index contributed by atoms with van der Waals surface area (Å²) >= 11 is 0. The lowest BCUT2D eigenvalue weighted by Gasteiger charge is -2.15. The third-order valence-corrected chi connectivity index (χ3v) is 4.30. The second-order valence-electron chi connectivity index (χ2n) is 7.00. The van der Waals surface area contributed by atoms with Gasteiger partial charge in [0, 0.05) is 19.6 Å². The highest BCUT2D eigenvalue weighted by Gasteiger charge is 2.30. The van der Waals surface area contributed by atoms with Crippen LogP contribution in [0.25, 0.3) is 11.7 Å². The summed E-state index contributed by atoms with van der Waals surface area (Å²) in [6, 6.07) is 0.0436. The largest absolute Gasteiger partial charge is 0.492 e. The molecular formula is C18H23N5O4. The number of aromatic nitrogens is 3. The summed E-state index contributed by atoms with van der Waals surface area (Å²) in [4.78, 5) is 36.4. The number of fused-ring (bicyclic) bond motifs is 1. The van der Waals surface area contributed by atoms with Crippen molar-refractivity contribution in [2.45, 2.75) is 39.3 Å². The molecule has 3 N–H and O–H groups in total. The molecule has 9 heteroatoms. The molecule has 0 bridgehead atoms. The van der Waals surface area contributed by atoms with E-state index in [4.69, 9.17) is 0 Å². The van der Waals surface area contributed by atoms with Crippen molar-refractivity contribution >= 4 is 29.7 Å². The van der Waals surface area contributed by atoms with Gasteiger partial charge in [-0.25, -0.2) is 0 Å². The number of aldehydes is 1. The van der Waals surface area contributed by atoms with Crippen LogP contribution in [0.4, 0.5) is 5.82 Å². The van der Waals surface area contributed by atoms with Gasteiger partial charge in [-0.3, -0.25) is 19.0 Å². The van der Waals surface area contributed by atoms with E-state index in [9.17, 15) is 19.5 Å². The van der Waals surface area contributed by atoms with Crippen LogP contribution in [0.1, 0.15) is 42.6 Å². The van der Waals surface area contributed by atoms with Crippen molar-refractivity contribution in [2.75, 3.05) is 12.4 Å². The molecule has 2 heterocycles. The van der Waals surface area contributed by atoms with E-state index in [1.807, 2.05) is 13.8 Å². The van der Waals surface area contributed by atoms with Gasteiger partial charge >= 0.3 is 0 Å². The normalized spacial score (nSPS) is 14.2. The Morgan fingerprint density at radius 2 is 2.11 bits per heavy atom. The molecule has 0 radical (unpaired) electrons. The maximum atomic E-state index is 13.1. The van der Waals surface area contributed by atoms with Crippen molar-refractivity contribution in [1.82, 2.24) is 19.5 Å². The number of nitrogens with one attached hydrogen (secondary N) is 2.